The van der Waals surface area contributed by atoms with E-state index in [0.717, 1.165) is 12.1 Å². The third kappa shape index (κ3) is 4.29. The van der Waals surface area contributed by atoms with Gasteiger partial charge in [-0.25, -0.2) is 9.97 Å². The van der Waals surface area contributed by atoms with Crippen molar-refractivity contribution in [2.24, 2.45) is 0 Å². The second-order valence-corrected chi connectivity index (χ2v) is 6.44. The van der Waals surface area contributed by atoms with Crippen molar-refractivity contribution in [2.75, 3.05) is 32.1 Å². The third-order valence-corrected chi connectivity index (χ3v) is 4.22. The number of halogens is 3. The van der Waals surface area contributed by atoms with Crippen LogP contribution in [0.25, 0.3) is 0 Å². The highest BCUT2D eigenvalue weighted by atomic mass is 19.4. The maximum Gasteiger partial charge on any atom is 0.416 e. The monoisotopic (exact) mass is 380 g/mol. The van der Waals surface area contributed by atoms with Crippen molar-refractivity contribution in [1.82, 2.24) is 14.9 Å². The number of likely N-dealkylation sites (tertiary alicyclic amines) is 1. The molecule has 9 heteroatoms. The number of rotatable bonds is 4. The third-order valence-electron chi connectivity index (χ3n) is 4.22. The lowest BCUT2D eigenvalue weighted by molar-refractivity contribution is -0.137. The second-order valence-electron chi connectivity index (χ2n) is 6.44. The fraction of sp³-hybridized carbons (Fsp3) is 0.389. The largest absolute Gasteiger partial charge is 0.470 e. The smallest absolute Gasteiger partial charge is 0.416 e. The fourth-order valence-corrected chi connectivity index (χ4v) is 2.89. The summed E-state index contributed by atoms with van der Waals surface area (Å²) in [4.78, 5) is 24.2. The molecule has 1 amide bonds. The number of benzene rings is 1. The first-order chi connectivity index (χ1) is 12.8. The fourth-order valence-electron chi connectivity index (χ4n) is 2.89. The van der Waals surface area contributed by atoms with E-state index in [0.29, 0.717) is 24.7 Å². The molecule has 0 spiro atoms. The first kappa shape index (κ1) is 18.9. The summed E-state index contributed by atoms with van der Waals surface area (Å²) in [6.45, 7) is 0.676. The topological polar surface area (TPSA) is 58.6 Å². The summed E-state index contributed by atoms with van der Waals surface area (Å²) >= 11 is 0. The molecule has 2 heterocycles. The average molecular weight is 380 g/mol. The van der Waals surface area contributed by atoms with Crippen LogP contribution < -0.4 is 9.64 Å². The zero-order valence-electron chi connectivity index (χ0n) is 14.9. The summed E-state index contributed by atoms with van der Waals surface area (Å²) < 4.78 is 44.4. The molecular weight excluding hydrogens is 361 g/mol. The van der Waals surface area contributed by atoms with Crippen LogP contribution in [0.15, 0.2) is 36.7 Å². The van der Waals surface area contributed by atoms with E-state index in [1.165, 1.54) is 23.2 Å². The van der Waals surface area contributed by atoms with E-state index >= 15 is 0 Å². The number of carbonyl (C=O) groups is 1. The number of hydrogen-bond donors (Lipinski definition) is 0. The molecule has 2 aromatic rings. The van der Waals surface area contributed by atoms with Crippen molar-refractivity contribution in [3.8, 4) is 5.88 Å². The van der Waals surface area contributed by atoms with Gasteiger partial charge in [-0.15, -0.1) is 0 Å². The Balaban J connectivity index is 1.69. The summed E-state index contributed by atoms with van der Waals surface area (Å²) in [5, 5.41) is 0. The first-order valence-electron chi connectivity index (χ1n) is 8.37. The standard InChI is InChI=1S/C18H19F3N4O2/c1-24(2)15-16(23-8-7-22-15)27-14-6-9-25(11-14)17(26)12-4-3-5-13(10-12)18(19,20)21/h3-5,7-8,10,14H,6,9,11H2,1-2H3. The van der Waals surface area contributed by atoms with Gasteiger partial charge in [0.05, 0.1) is 12.1 Å². The molecule has 0 saturated carbocycles. The predicted octanol–water partition coefficient (Wildman–Crippen LogP) is 2.85. The molecule has 27 heavy (non-hydrogen) atoms. The Hall–Kier alpha value is -2.84. The van der Waals surface area contributed by atoms with Gasteiger partial charge in [-0.1, -0.05) is 6.07 Å². The van der Waals surface area contributed by atoms with Crippen molar-refractivity contribution >= 4 is 11.7 Å². The summed E-state index contributed by atoms with van der Waals surface area (Å²) in [6.07, 6.45) is -1.14. The number of hydrogen-bond acceptors (Lipinski definition) is 5. The van der Waals surface area contributed by atoms with Crippen molar-refractivity contribution in [2.45, 2.75) is 18.7 Å². The van der Waals surface area contributed by atoms with Crippen molar-refractivity contribution in [3.05, 3.63) is 47.8 Å². The van der Waals surface area contributed by atoms with E-state index in [1.54, 1.807) is 11.1 Å². The summed E-state index contributed by atoms with van der Waals surface area (Å²) in [7, 11) is 3.63. The Morgan fingerprint density at radius 3 is 2.70 bits per heavy atom. The molecule has 6 nitrogen and oxygen atoms in total. The normalized spacial score (nSPS) is 17.1. The highest BCUT2D eigenvalue weighted by molar-refractivity contribution is 5.94. The van der Waals surface area contributed by atoms with Crippen LogP contribution in [0.1, 0.15) is 22.3 Å². The Morgan fingerprint density at radius 2 is 2.00 bits per heavy atom. The zero-order chi connectivity index (χ0) is 19.6. The van der Waals surface area contributed by atoms with E-state index in [1.807, 2.05) is 14.1 Å². The lowest BCUT2D eigenvalue weighted by atomic mass is 10.1. The number of amides is 1. The zero-order valence-corrected chi connectivity index (χ0v) is 14.9. The number of anilines is 1. The van der Waals surface area contributed by atoms with Crippen molar-refractivity contribution in [1.29, 1.82) is 0 Å². The minimum atomic E-state index is -4.48. The van der Waals surface area contributed by atoms with Gasteiger partial charge in [0.25, 0.3) is 11.8 Å². The van der Waals surface area contributed by atoms with E-state index in [9.17, 15) is 18.0 Å². The minimum Gasteiger partial charge on any atom is -0.470 e. The molecule has 1 aromatic heterocycles. The van der Waals surface area contributed by atoms with Crippen molar-refractivity contribution < 1.29 is 22.7 Å². The van der Waals surface area contributed by atoms with Crippen LogP contribution >= 0.6 is 0 Å². The molecule has 0 bridgehead atoms. The summed E-state index contributed by atoms with van der Waals surface area (Å²) in [5.41, 5.74) is -0.825. The highest BCUT2D eigenvalue weighted by Crippen LogP contribution is 2.30. The quantitative estimate of drug-likeness (QED) is 0.816. The molecular formula is C18H19F3N4O2. The van der Waals surface area contributed by atoms with E-state index in [2.05, 4.69) is 9.97 Å². The number of ether oxygens (including phenoxy) is 1. The SMILES string of the molecule is CN(C)c1nccnc1OC1CCN(C(=O)c2cccc(C(F)(F)F)c2)C1. The Kier molecular flexibility index (Phi) is 5.20. The van der Waals surface area contributed by atoms with Gasteiger partial charge < -0.3 is 14.5 Å². The number of aromatic nitrogens is 2. The van der Waals surface area contributed by atoms with Gasteiger partial charge in [-0.3, -0.25) is 4.79 Å². The summed E-state index contributed by atoms with van der Waals surface area (Å²) in [5.74, 6) is 0.486. The molecule has 0 aliphatic carbocycles. The van der Waals surface area contributed by atoms with Gasteiger partial charge in [0, 0.05) is 45.0 Å². The van der Waals surface area contributed by atoms with Crippen LogP contribution in [0, 0.1) is 0 Å². The van der Waals surface area contributed by atoms with E-state index < -0.39 is 17.6 Å². The molecule has 1 aliphatic heterocycles. The van der Waals surface area contributed by atoms with Gasteiger partial charge in [0.15, 0.2) is 5.82 Å². The molecule has 0 radical (unpaired) electrons. The first-order valence-corrected chi connectivity index (χ1v) is 8.37. The van der Waals surface area contributed by atoms with Crippen molar-refractivity contribution in [3.63, 3.8) is 0 Å². The maximum atomic E-state index is 12.9. The molecule has 144 valence electrons. The van der Waals surface area contributed by atoms with E-state index in [-0.39, 0.29) is 18.2 Å². The highest BCUT2D eigenvalue weighted by Gasteiger charge is 2.33. The predicted molar refractivity (Wildman–Crippen MR) is 92.7 cm³/mol. The van der Waals surface area contributed by atoms with Crippen LogP contribution in [-0.2, 0) is 6.18 Å². The average Bonchev–Trinajstić information content (AvgIpc) is 3.09. The van der Waals surface area contributed by atoms with Crippen LogP contribution in [0.2, 0.25) is 0 Å². The Bertz CT molecular complexity index is 826. The molecule has 1 aromatic carbocycles. The van der Waals surface area contributed by atoms with Gasteiger partial charge in [-0.2, -0.15) is 13.2 Å². The van der Waals surface area contributed by atoms with Gasteiger partial charge in [0.1, 0.15) is 6.10 Å². The molecule has 0 N–H and O–H groups in total. The van der Waals surface area contributed by atoms with Gasteiger partial charge in [-0.05, 0) is 18.2 Å². The molecule has 1 atom stereocenters. The van der Waals surface area contributed by atoms with Crippen LogP contribution in [0.4, 0.5) is 19.0 Å². The van der Waals surface area contributed by atoms with Crippen LogP contribution in [-0.4, -0.2) is 54.1 Å². The molecule has 1 saturated heterocycles. The number of nitrogens with zero attached hydrogens (tertiary/aromatic N) is 4. The lowest BCUT2D eigenvalue weighted by Gasteiger charge is -2.19. The van der Waals surface area contributed by atoms with E-state index in [4.69, 9.17) is 4.74 Å². The van der Waals surface area contributed by atoms with Crippen LogP contribution in [0.5, 0.6) is 5.88 Å². The van der Waals surface area contributed by atoms with Gasteiger partial charge >= 0.3 is 6.18 Å². The summed E-state index contributed by atoms with van der Waals surface area (Å²) in [6, 6.07) is 4.45. The number of carbonyl (C=O) groups excluding carboxylic acids is 1. The molecule has 1 aliphatic rings. The van der Waals surface area contributed by atoms with Gasteiger partial charge in [0.2, 0.25) is 0 Å². The Labute approximate surface area is 154 Å². The minimum absolute atomic E-state index is 0.0129. The molecule has 1 unspecified atom stereocenters. The molecule has 1 fully saturated rings. The number of alkyl halides is 3. The molecule has 3 rings (SSSR count). The second kappa shape index (κ2) is 7.42. The Morgan fingerprint density at radius 1 is 1.26 bits per heavy atom. The maximum absolute atomic E-state index is 12.9. The lowest BCUT2D eigenvalue weighted by Crippen LogP contribution is -2.31. The van der Waals surface area contributed by atoms with Crippen LogP contribution in [0.3, 0.4) is 0 Å².